The number of unbranched alkanes of at least 4 members (excludes halogenated alkanes) is 2. The second-order valence-electron chi connectivity index (χ2n) is 6.03. The number of amides is 1. The highest BCUT2D eigenvalue weighted by molar-refractivity contribution is 5.88. The molecule has 1 aromatic carbocycles. The largest absolute Gasteiger partial charge is 0.490 e. The molecule has 0 spiro atoms. The fourth-order valence-corrected chi connectivity index (χ4v) is 2.61. The Morgan fingerprint density at radius 3 is 2.67 bits per heavy atom. The van der Waals surface area contributed by atoms with E-state index in [2.05, 4.69) is 21.8 Å². The number of carbonyl (C=O) groups is 1. The molecule has 2 rings (SSSR count). The Bertz CT molecular complexity index is 594. The first kappa shape index (κ1) is 18.0. The van der Waals surface area contributed by atoms with E-state index in [0.717, 1.165) is 30.8 Å². The van der Waals surface area contributed by atoms with E-state index in [1.54, 1.807) is 6.20 Å². The molecule has 0 fully saturated rings. The standard InChI is InChI=1S/C19H27N3O2/c1-3-4-5-6-18(11-13-22-14-12-20-15-22)24-19-9-7-17(8-10-19)21-16(2)23/h7-10,12,14-15,18H,3-6,11,13H2,1-2H3,(H,21,23). The van der Waals surface area contributed by atoms with Gasteiger partial charge in [-0.2, -0.15) is 0 Å². The van der Waals surface area contributed by atoms with Gasteiger partial charge >= 0.3 is 0 Å². The van der Waals surface area contributed by atoms with Crippen molar-refractivity contribution >= 4 is 11.6 Å². The summed E-state index contributed by atoms with van der Waals surface area (Å²) in [7, 11) is 0. The summed E-state index contributed by atoms with van der Waals surface area (Å²) in [5.74, 6) is 0.776. The Morgan fingerprint density at radius 2 is 2.04 bits per heavy atom. The molecule has 5 heteroatoms. The third-order valence-corrected chi connectivity index (χ3v) is 3.88. The van der Waals surface area contributed by atoms with Gasteiger partial charge < -0.3 is 14.6 Å². The first-order valence-electron chi connectivity index (χ1n) is 8.67. The van der Waals surface area contributed by atoms with Gasteiger partial charge in [0, 0.05) is 38.0 Å². The molecular formula is C19H27N3O2. The van der Waals surface area contributed by atoms with Gasteiger partial charge in [-0.3, -0.25) is 4.79 Å². The quantitative estimate of drug-likeness (QED) is 0.663. The average Bonchev–Trinajstić information content (AvgIpc) is 3.07. The number of hydrogen-bond donors (Lipinski definition) is 1. The van der Waals surface area contributed by atoms with Crippen molar-refractivity contribution in [3.05, 3.63) is 43.0 Å². The average molecular weight is 329 g/mol. The molecule has 1 amide bonds. The molecule has 24 heavy (non-hydrogen) atoms. The number of ether oxygens (including phenoxy) is 1. The molecule has 1 unspecified atom stereocenters. The Labute approximate surface area is 144 Å². The number of aryl methyl sites for hydroxylation is 1. The molecule has 1 atom stereocenters. The lowest BCUT2D eigenvalue weighted by atomic mass is 10.1. The normalized spacial score (nSPS) is 11.9. The molecule has 1 aromatic heterocycles. The van der Waals surface area contributed by atoms with E-state index < -0.39 is 0 Å². The van der Waals surface area contributed by atoms with Crippen molar-refractivity contribution in [2.45, 2.75) is 58.6 Å². The van der Waals surface area contributed by atoms with Gasteiger partial charge in [-0.05, 0) is 37.1 Å². The van der Waals surface area contributed by atoms with Crippen LogP contribution in [0.3, 0.4) is 0 Å². The molecule has 5 nitrogen and oxygen atoms in total. The smallest absolute Gasteiger partial charge is 0.221 e. The molecule has 130 valence electrons. The van der Waals surface area contributed by atoms with Crippen molar-refractivity contribution in [2.24, 2.45) is 0 Å². The molecule has 0 saturated carbocycles. The van der Waals surface area contributed by atoms with Crippen LogP contribution in [-0.4, -0.2) is 21.6 Å². The molecule has 0 radical (unpaired) electrons. The second kappa shape index (κ2) is 9.75. The second-order valence-corrected chi connectivity index (χ2v) is 6.03. The van der Waals surface area contributed by atoms with Gasteiger partial charge in [-0.1, -0.05) is 19.8 Å². The molecule has 1 N–H and O–H groups in total. The van der Waals surface area contributed by atoms with Crippen LogP contribution in [-0.2, 0) is 11.3 Å². The van der Waals surface area contributed by atoms with Crippen molar-refractivity contribution in [3.8, 4) is 5.75 Å². The summed E-state index contributed by atoms with van der Waals surface area (Å²) >= 11 is 0. The Balaban J connectivity index is 1.91. The molecule has 0 aliphatic heterocycles. The van der Waals surface area contributed by atoms with Crippen LogP contribution in [0.1, 0.15) is 46.0 Å². The Kier molecular flexibility index (Phi) is 7.33. The minimum absolute atomic E-state index is 0.0681. The predicted octanol–water partition coefficient (Wildman–Crippen LogP) is 4.26. The first-order valence-corrected chi connectivity index (χ1v) is 8.67. The number of nitrogens with one attached hydrogen (secondary N) is 1. The highest BCUT2D eigenvalue weighted by Gasteiger charge is 2.11. The van der Waals surface area contributed by atoms with Crippen molar-refractivity contribution < 1.29 is 9.53 Å². The minimum Gasteiger partial charge on any atom is -0.490 e. The van der Waals surface area contributed by atoms with Crippen LogP contribution in [0.4, 0.5) is 5.69 Å². The zero-order chi connectivity index (χ0) is 17.2. The van der Waals surface area contributed by atoms with Crippen LogP contribution in [0.25, 0.3) is 0 Å². The molecular weight excluding hydrogens is 302 g/mol. The summed E-state index contributed by atoms with van der Waals surface area (Å²) < 4.78 is 8.25. The van der Waals surface area contributed by atoms with Crippen LogP contribution < -0.4 is 10.1 Å². The van der Waals surface area contributed by atoms with Crippen LogP contribution in [0.15, 0.2) is 43.0 Å². The number of nitrogens with zero attached hydrogens (tertiary/aromatic N) is 2. The fraction of sp³-hybridized carbons (Fsp3) is 0.474. The van der Waals surface area contributed by atoms with Gasteiger partial charge in [0.1, 0.15) is 11.9 Å². The lowest BCUT2D eigenvalue weighted by molar-refractivity contribution is -0.114. The summed E-state index contributed by atoms with van der Waals surface area (Å²) in [5.41, 5.74) is 0.788. The summed E-state index contributed by atoms with van der Waals surface area (Å²) in [6.45, 7) is 4.62. The maximum Gasteiger partial charge on any atom is 0.221 e. The maximum absolute atomic E-state index is 11.1. The lowest BCUT2D eigenvalue weighted by Gasteiger charge is -2.20. The van der Waals surface area contributed by atoms with E-state index in [0.29, 0.717) is 0 Å². The SMILES string of the molecule is CCCCCC(CCn1ccnc1)Oc1ccc(NC(C)=O)cc1. The molecule has 0 bridgehead atoms. The summed E-state index contributed by atoms with van der Waals surface area (Å²) in [4.78, 5) is 15.2. The van der Waals surface area contributed by atoms with Crippen molar-refractivity contribution in [3.63, 3.8) is 0 Å². The van der Waals surface area contributed by atoms with E-state index in [1.165, 1.54) is 26.2 Å². The van der Waals surface area contributed by atoms with E-state index in [4.69, 9.17) is 4.74 Å². The fourth-order valence-electron chi connectivity index (χ4n) is 2.61. The van der Waals surface area contributed by atoms with Crippen LogP contribution in [0.2, 0.25) is 0 Å². The topological polar surface area (TPSA) is 56.1 Å². The Morgan fingerprint density at radius 1 is 1.25 bits per heavy atom. The number of anilines is 1. The lowest BCUT2D eigenvalue weighted by Crippen LogP contribution is -2.19. The van der Waals surface area contributed by atoms with Crippen LogP contribution >= 0.6 is 0 Å². The number of hydrogen-bond acceptors (Lipinski definition) is 3. The predicted molar refractivity (Wildman–Crippen MR) is 96.1 cm³/mol. The highest BCUT2D eigenvalue weighted by Crippen LogP contribution is 2.20. The first-order chi connectivity index (χ1) is 11.7. The Hall–Kier alpha value is -2.30. The zero-order valence-corrected chi connectivity index (χ0v) is 14.6. The monoisotopic (exact) mass is 329 g/mol. The molecule has 0 aliphatic carbocycles. The minimum atomic E-state index is -0.0681. The van der Waals surface area contributed by atoms with E-state index in [-0.39, 0.29) is 12.0 Å². The third-order valence-electron chi connectivity index (χ3n) is 3.88. The summed E-state index contributed by atoms with van der Waals surface area (Å²) in [5, 5.41) is 2.77. The van der Waals surface area contributed by atoms with E-state index >= 15 is 0 Å². The van der Waals surface area contributed by atoms with Crippen LogP contribution in [0.5, 0.6) is 5.75 Å². The van der Waals surface area contributed by atoms with Crippen molar-refractivity contribution in [1.82, 2.24) is 9.55 Å². The number of aromatic nitrogens is 2. The maximum atomic E-state index is 11.1. The molecule has 2 aromatic rings. The van der Waals surface area contributed by atoms with Crippen LogP contribution in [0, 0.1) is 0 Å². The van der Waals surface area contributed by atoms with E-state index in [1.807, 2.05) is 36.8 Å². The van der Waals surface area contributed by atoms with Gasteiger partial charge in [-0.15, -0.1) is 0 Å². The van der Waals surface area contributed by atoms with E-state index in [9.17, 15) is 4.79 Å². The van der Waals surface area contributed by atoms with Gasteiger partial charge in [0.05, 0.1) is 6.33 Å². The molecule has 1 heterocycles. The molecule has 0 aliphatic rings. The zero-order valence-electron chi connectivity index (χ0n) is 14.6. The summed E-state index contributed by atoms with van der Waals surface area (Å²) in [6, 6.07) is 7.57. The summed E-state index contributed by atoms with van der Waals surface area (Å²) in [6.07, 6.45) is 11.4. The van der Waals surface area contributed by atoms with Gasteiger partial charge in [-0.25, -0.2) is 4.98 Å². The van der Waals surface area contributed by atoms with Gasteiger partial charge in [0.15, 0.2) is 0 Å². The number of rotatable bonds is 10. The van der Waals surface area contributed by atoms with Crippen molar-refractivity contribution in [1.29, 1.82) is 0 Å². The number of carbonyl (C=O) groups excluding carboxylic acids is 1. The van der Waals surface area contributed by atoms with Gasteiger partial charge in [0.25, 0.3) is 0 Å². The van der Waals surface area contributed by atoms with Gasteiger partial charge in [0.2, 0.25) is 5.91 Å². The van der Waals surface area contributed by atoms with Crippen molar-refractivity contribution in [2.75, 3.05) is 5.32 Å². The molecule has 0 saturated heterocycles. The number of imidazole rings is 1. The number of benzene rings is 1. The highest BCUT2D eigenvalue weighted by atomic mass is 16.5. The third kappa shape index (κ3) is 6.44.